The lowest BCUT2D eigenvalue weighted by molar-refractivity contribution is -0.387. The Morgan fingerprint density at radius 3 is 2.46 bits per heavy atom. The van der Waals surface area contributed by atoms with Gasteiger partial charge in [0.25, 0.3) is 5.69 Å². The Morgan fingerprint density at radius 1 is 1.25 bits per heavy atom. The van der Waals surface area contributed by atoms with Gasteiger partial charge in [-0.15, -0.1) is 24.2 Å². The van der Waals surface area contributed by atoms with Crippen LogP contribution in [0, 0.1) is 22.0 Å². The van der Waals surface area contributed by atoms with Crippen molar-refractivity contribution < 1.29 is 14.5 Å². The van der Waals surface area contributed by atoms with Gasteiger partial charge in [-0.2, -0.15) is 0 Å². The lowest BCUT2D eigenvalue weighted by atomic mass is 9.67. The Hall–Kier alpha value is -1.84. The highest BCUT2D eigenvalue weighted by Crippen LogP contribution is 2.39. The minimum Gasteiger partial charge on any atom is -0.366 e. The molecule has 0 radical (unpaired) electrons. The Kier molecular flexibility index (Phi) is 7.68. The standard InChI is InChI=1S/C18H24N4O4S.ClH/c19-13-6-10-2-1-3-11(7-13)17(10)21-16(23)9-27-15-5-4-12(18(20)24)8-14(15)22(25)26;/h4-5,8,10-11,13,17H,1-3,6-7,9,19H2,(H2,20,24)(H,21,23);1H. The second-order valence-corrected chi connectivity index (χ2v) is 8.39. The van der Waals surface area contributed by atoms with Crippen molar-refractivity contribution in [2.75, 3.05) is 5.75 Å². The van der Waals surface area contributed by atoms with Crippen LogP contribution in [0.4, 0.5) is 5.69 Å². The first-order valence-corrected chi connectivity index (χ1v) is 10.1. The van der Waals surface area contributed by atoms with Crippen LogP contribution in [0.15, 0.2) is 23.1 Å². The zero-order valence-electron chi connectivity index (χ0n) is 15.3. The van der Waals surface area contributed by atoms with E-state index in [4.69, 9.17) is 11.5 Å². The molecule has 0 spiro atoms. The molecule has 10 heteroatoms. The van der Waals surface area contributed by atoms with Gasteiger partial charge in [0.1, 0.15) is 0 Å². The first-order valence-electron chi connectivity index (χ1n) is 9.11. The van der Waals surface area contributed by atoms with E-state index < -0.39 is 10.8 Å². The number of nitro benzene ring substituents is 1. The van der Waals surface area contributed by atoms with Crippen molar-refractivity contribution in [1.29, 1.82) is 0 Å². The fourth-order valence-electron chi connectivity index (χ4n) is 4.33. The summed E-state index contributed by atoms with van der Waals surface area (Å²) in [5.41, 5.74) is 11.1. The third-order valence-corrected chi connectivity index (χ3v) is 6.57. The molecule has 28 heavy (non-hydrogen) atoms. The van der Waals surface area contributed by atoms with E-state index in [-0.39, 0.29) is 47.4 Å². The smallest absolute Gasteiger partial charge is 0.283 e. The van der Waals surface area contributed by atoms with E-state index in [1.54, 1.807) is 0 Å². The molecular weight excluding hydrogens is 404 g/mol. The molecule has 2 bridgehead atoms. The number of thioether (sulfide) groups is 1. The van der Waals surface area contributed by atoms with Gasteiger partial charge in [-0.3, -0.25) is 19.7 Å². The number of amides is 2. The van der Waals surface area contributed by atoms with Crippen molar-refractivity contribution in [2.45, 2.75) is 49.1 Å². The lowest BCUT2D eigenvalue weighted by Gasteiger charge is -2.45. The molecule has 0 saturated heterocycles. The third-order valence-electron chi connectivity index (χ3n) is 5.50. The van der Waals surface area contributed by atoms with Gasteiger partial charge in [0.05, 0.1) is 15.6 Å². The van der Waals surface area contributed by atoms with Crippen LogP contribution in [0.25, 0.3) is 0 Å². The maximum atomic E-state index is 12.4. The summed E-state index contributed by atoms with van der Waals surface area (Å²) in [4.78, 5) is 34.7. The molecule has 2 aliphatic carbocycles. The molecule has 0 heterocycles. The lowest BCUT2D eigenvalue weighted by Crippen LogP contribution is -2.54. The van der Waals surface area contributed by atoms with Crippen LogP contribution in [0.1, 0.15) is 42.5 Å². The topological polar surface area (TPSA) is 141 Å². The number of nitro groups is 1. The normalized spacial score (nSPS) is 26.0. The predicted octanol–water partition coefficient (Wildman–Crippen LogP) is 2.23. The van der Waals surface area contributed by atoms with Crippen molar-refractivity contribution in [2.24, 2.45) is 23.3 Å². The van der Waals surface area contributed by atoms with E-state index in [0.717, 1.165) is 43.5 Å². The maximum Gasteiger partial charge on any atom is 0.283 e. The van der Waals surface area contributed by atoms with Crippen LogP contribution in [-0.2, 0) is 4.79 Å². The predicted molar refractivity (Wildman–Crippen MR) is 110 cm³/mol. The summed E-state index contributed by atoms with van der Waals surface area (Å²) >= 11 is 1.09. The molecule has 5 N–H and O–H groups in total. The molecular formula is C18H25ClN4O4S. The average molecular weight is 429 g/mol. The Balaban J connectivity index is 0.00000280. The Morgan fingerprint density at radius 2 is 1.89 bits per heavy atom. The molecule has 8 nitrogen and oxygen atoms in total. The molecule has 2 fully saturated rings. The summed E-state index contributed by atoms with van der Waals surface area (Å²) in [7, 11) is 0. The number of nitrogens with zero attached hydrogens (tertiary/aromatic N) is 1. The van der Waals surface area contributed by atoms with E-state index in [1.165, 1.54) is 18.6 Å². The number of carbonyl (C=O) groups is 2. The largest absolute Gasteiger partial charge is 0.366 e. The van der Waals surface area contributed by atoms with Gasteiger partial charge in [-0.25, -0.2) is 0 Å². The summed E-state index contributed by atoms with van der Waals surface area (Å²) in [6, 6.07) is 4.41. The molecule has 2 saturated carbocycles. The second kappa shape index (κ2) is 9.58. The van der Waals surface area contributed by atoms with Gasteiger partial charge >= 0.3 is 0 Å². The molecule has 1 aromatic rings. The van der Waals surface area contributed by atoms with Crippen LogP contribution < -0.4 is 16.8 Å². The molecule has 3 rings (SSSR count). The van der Waals surface area contributed by atoms with Gasteiger partial charge < -0.3 is 16.8 Å². The fraction of sp³-hybridized carbons (Fsp3) is 0.556. The quantitative estimate of drug-likeness (QED) is 0.360. The van der Waals surface area contributed by atoms with E-state index in [1.807, 2.05) is 0 Å². The minimum atomic E-state index is -0.727. The Labute approximate surface area is 173 Å². The molecule has 2 unspecified atom stereocenters. The number of benzene rings is 1. The highest BCUT2D eigenvalue weighted by Gasteiger charge is 2.39. The number of hydrogen-bond donors (Lipinski definition) is 3. The van der Waals surface area contributed by atoms with Crippen molar-refractivity contribution >= 4 is 41.7 Å². The van der Waals surface area contributed by atoms with Crippen LogP contribution in [0.5, 0.6) is 0 Å². The zero-order valence-corrected chi connectivity index (χ0v) is 17.0. The van der Waals surface area contributed by atoms with Crippen LogP contribution in [0.3, 0.4) is 0 Å². The van der Waals surface area contributed by atoms with Gasteiger partial charge in [-0.05, 0) is 49.7 Å². The van der Waals surface area contributed by atoms with Crippen molar-refractivity contribution in [1.82, 2.24) is 5.32 Å². The third kappa shape index (κ3) is 5.15. The molecule has 0 aliphatic heterocycles. The monoisotopic (exact) mass is 428 g/mol. The number of carbonyl (C=O) groups excluding carboxylic acids is 2. The number of nitrogens with one attached hydrogen (secondary N) is 1. The molecule has 2 aliphatic rings. The average Bonchev–Trinajstić information content (AvgIpc) is 2.60. The van der Waals surface area contributed by atoms with Gasteiger partial charge in [0.2, 0.25) is 11.8 Å². The fourth-order valence-corrected chi connectivity index (χ4v) is 5.15. The first kappa shape index (κ1) is 22.4. The van der Waals surface area contributed by atoms with E-state index in [0.29, 0.717) is 16.7 Å². The highest BCUT2D eigenvalue weighted by molar-refractivity contribution is 8.00. The molecule has 2 amide bonds. The van der Waals surface area contributed by atoms with Crippen LogP contribution in [-0.4, -0.2) is 34.6 Å². The number of rotatable bonds is 6. The summed E-state index contributed by atoms with van der Waals surface area (Å²) in [5.74, 6) is 0.0648. The van der Waals surface area contributed by atoms with E-state index in [2.05, 4.69) is 5.32 Å². The van der Waals surface area contributed by atoms with Gasteiger partial charge in [0.15, 0.2) is 0 Å². The number of nitrogens with two attached hydrogens (primary N) is 2. The van der Waals surface area contributed by atoms with Crippen molar-refractivity contribution in [3.05, 3.63) is 33.9 Å². The van der Waals surface area contributed by atoms with Gasteiger partial charge in [-0.1, -0.05) is 6.42 Å². The highest BCUT2D eigenvalue weighted by atomic mass is 35.5. The second-order valence-electron chi connectivity index (χ2n) is 7.37. The summed E-state index contributed by atoms with van der Waals surface area (Å²) in [5, 5.41) is 14.4. The molecule has 1 aromatic carbocycles. The van der Waals surface area contributed by atoms with Crippen molar-refractivity contribution in [3.63, 3.8) is 0 Å². The maximum absolute atomic E-state index is 12.4. The number of primary amides is 1. The molecule has 154 valence electrons. The summed E-state index contributed by atoms with van der Waals surface area (Å²) in [6.07, 6.45) is 5.23. The van der Waals surface area contributed by atoms with Gasteiger partial charge in [0, 0.05) is 23.7 Å². The minimum absolute atomic E-state index is 0. The van der Waals surface area contributed by atoms with Crippen LogP contribution in [0.2, 0.25) is 0 Å². The zero-order chi connectivity index (χ0) is 19.6. The Bertz CT molecular complexity index is 749. The number of halogens is 1. The SMILES string of the molecule is Cl.NC(=O)c1ccc(SCC(=O)NC2C3CCCC2CC(N)C3)c([N+](=O)[O-])c1. The summed E-state index contributed by atoms with van der Waals surface area (Å²) < 4.78 is 0. The van der Waals surface area contributed by atoms with E-state index >= 15 is 0 Å². The van der Waals surface area contributed by atoms with Crippen molar-refractivity contribution in [3.8, 4) is 0 Å². The van der Waals surface area contributed by atoms with E-state index in [9.17, 15) is 19.7 Å². The summed E-state index contributed by atoms with van der Waals surface area (Å²) in [6.45, 7) is 0. The number of fused-ring (bicyclic) bond motifs is 2. The molecule has 2 atom stereocenters. The number of hydrogen-bond acceptors (Lipinski definition) is 6. The molecule has 0 aromatic heterocycles. The van der Waals surface area contributed by atoms with Crippen LogP contribution >= 0.6 is 24.2 Å². The first-order chi connectivity index (χ1) is 12.8.